The van der Waals surface area contributed by atoms with Gasteiger partial charge in [0.05, 0.1) is 76.2 Å². The van der Waals surface area contributed by atoms with E-state index in [1.807, 2.05) is 4.90 Å². The first-order chi connectivity index (χ1) is 38.5. The number of hydrogen-bond donors (Lipinski definition) is 7. The first kappa shape index (κ1) is 60.9. The molecule has 0 bridgehead atoms. The number of benzene rings is 2. The number of carbonyl (C=O) groups excluding carboxylic acids is 8. The Kier molecular flexibility index (Phi) is 19.9. The molecule has 0 spiro atoms. The van der Waals surface area contributed by atoms with Crippen LogP contribution in [0.25, 0.3) is 0 Å². The predicted molar refractivity (Wildman–Crippen MR) is 292 cm³/mol. The lowest BCUT2D eigenvalue weighted by Gasteiger charge is -2.28. The fraction of sp³-hybridized carbons (Fsp3) is 0.614. The number of carbonyl (C=O) groups is 8. The van der Waals surface area contributed by atoms with Crippen LogP contribution in [0.2, 0.25) is 0 Å². The molecule has 81 heavy (non-hydrogen) atoms. The van der Waals surface area contributed by atoms with Crippen LogP contribution in [-0.4, -0.2) is 174 Å². The number of morpholine rings is 1. The normalized spacial score (nSPS) is 24.9. The highest BCUT2D eigenvalue weighted by atomic mass is 32.2. The molecule has 4 heterocycles. The Balaban J connectivity index is 0.960. The van der Waals surface area contributed by atoms with Crippen molar-refractivity contribution < 1.29 is 70.5 Å². The Morgan fingerprint density at radius 3 is 1.74 bits per heavy atom. The number of rotatable bonds is 28. The zero-order valence-electron chi connectivity index (χ0n) is 46.8. The van der Waals surface area contributed by atoms with Gasteiger partial charge in [-0.25, -0.2) is 13.6 Å². The Labute approximate surface area is 472 Å². The van der Waals surface area contributed by atoms with Gasteiger partial charge in [0, 0.05) is 25.9 Å². The summed E-state index contributed by atoms with van der Waals surface area (Å²) in [6, 6.07) is 6.19. The fourth-order valence-corrected chi connectivity index (χ4v) is 11.6. The third-order valence-electron chi connectivity index (χ3n) is 16.5. The minimum atomic E-state index is -4.03. The standard InChI is InChI=1S/C57H78N8O15S/c1-33(59-48(66)28-65-19-21-77-22-20-65)51(69)63-47(25-36-12-17-42(18-13-36)81(58,74)75)54(72)61-44(49(67)56(3)31-79-56)26-37-9-14-39(23-37)43-8-6-7-38(43)27-45(50(68)57(4)32-80-57)62-55(73)46(24-35-10-15-41(76-5)16-11-35)64-52(70)34(2)60-53(71)40-29-78-30-40/h10-13,15-18,33-34,37,39-40,44-47H,6-9,14,19-32H2,1-5H3,(H,59,66)(H,60,71)(H,61,72)(H,62,73)(H,63,69)(H,64,70)(H2,58,74,75). The summed E-state index contributed by atoms with van der Waals surface area (Å²) in [4.78, 5) is 112. The number of sulfonamides is 1. The summed E-state index contributed by atoms with van der Waals surface area (Å²) in [7, 11) is -2.49. The number of ether oxygens (including phenoxy) is 5. The quantitative estimate of drug-likeness (QED) is 0.0449. The summed E-state index contributed by atoms with van der Waals surface area (Å²) in [5.41, 5.74) is 1.23. The van der Waals surface area contributed by atoms with Gasteiger partial charge in [-0.2, -0.15) is 0 Å². The number of nitrogens with zero attached hydrogens (tertiary/aromatic N) is 1. The topological polar surface area (TPSA) is 325 Å². The van der Waals surface area contributed by atoms with Gasteiger partial charge in [0.1, 0.15) is 41.1 Å². The molecule has 442 valence electrons. The van der Waals surface area contributed by atoms with E-state index in [0.717, 1.165) is 31.3 Å². The maximum atomic E-state index is 14.5. The number of Topliss-reactive ketones (excluding diaryl/α,β-unsaturated/α-hetero) is 2. The molecule has 2 aliphatic carbocycles. The van der Waals surface area contributed by atoms with Crippen molar-refractivity contribution >= 4 is 57.0 Å². The van der Waals surface area contributed by atoms with Crippen LogP contribution in [0.5, 0.6) is 5.75 Å². The number of methoxy groups -OCH3 is 1. The van der Waals surface area contributed by atoms with Gasteiger partial charge in [-0.05, 0) is 126 Å². The van der Waals surface area contributed by atoms with Gasteiger partial charge >= 0.3 is 0 Å². The highest BCUT2D eigenvalue weighted by Crippen LogP contribution is 2.46. The highest BCUT2D eigenvalue weighted by molar-refractivity contribution is 7.89. The Morgan fingerprint density at radius 1 is 0.679 bits per heavy atom. The first-order valence-corrected chi connectivity index (χ1v) is 29.6. The summed E-state index contributed by atoms with van der Waals surface area (Å²) in [6.45, 7) is 9.42. The molecule has 4 saturated heterocycles. The van der Waals surface area contributed by atoms with E-state index in [0.29, 0.717) is 56.0 Å². The average molecular weight is 1150 g/mol. The molecule has 23 nitrogen and oxygen atoms in total. The Bertz CT molecular complexity index is 2810. The summed E-state index contributed by atoms with van der Waals surface area (Å²) in [6.07, 6.45) is 4.95. The maximum absolute atomic E-state index is 14.5. The van der Waals surface area contributed by atoms with Gasteiger partial charge in [-0.3, -0.25) is 43.3 Å². The van der Waals surface area contributed by atoms with Crippen molar-refractivity contribution in [3.63, 3.8) is 0 Å². The summed E-state index contributed by atoms with van der Waals surface area (Å²) < 4.78 is 51.2. The van der Waals surface area contributed by atoms with Crippen molar-refractivity contribution in [1.29, 1.82) is 0 Å². The molecule has 4 aliphatic heterocycles. The van der Waals surface area contributed by atoms with E-state index in [-0.39, 0.29) is 105 Å². The zero-order valence-corrected chi connectivity index (χ0v) is 47.6. The van der Waals surface area contributed by atoms with Crippen LogP contribution in [0.1, 0.15) is 90.2 Å². The minimum absolute atomic E-state index is 0.0334. The molecule has 2 aromatic rings. The molecular formula is C57H78N8O15S. The smallest absolute Gasteiger partial charge is 0.243 e. The highest BCUT2D eigenvalue weighted by Gasteiger charge is 2.52. The van der Waals surface area contributed by atoms with Crippen molar-refractivity contribution in [3.05, 3.63) is 70.8 Å². The monoisotopic (exact) mass is 1150 g/mol. The SMILES string of the molecule is COc1ccc(CC(NC(=O)C(C)NC(=O)C2COC2)C(=O)NC(CC2=C(C3CCC(CC(NC(=O)C(Cc4ccc(S(N)(=O)=O)cc4)NC(=O)C(C)NC(=O)CN4CCOCC4)C(=O)C4(C)CO4)C3)CCC2)C(=O)C2(C)CO2)cc1. The van der Waals surface area contributed by atoms with E-state index in [1.165, 1.54) is 50.8 Å². The molecule has 6 amide bonds. The number of epoxide rings is 2. The van der Waals surface area contributed by atoms with Crippen molar-refractivity contribution in [2.75, 3.05) is 66.4 Å². The van der Waals surface area contributed by atoms with E-state index in [1.54, 1.807) is 38.1 Å². The van der Waals surface area contributed by atoms with E-state index < -0.39 is 81.1 Å². The second kappa shape index (κ2) is 26.4. The van der Waals surface area contributed by atoms with Gasteiger partial charge in [0.25, 0.3) is 0 Å². The molecule has 10 atom stereocenters. The van der Waals surface area contributed by atoms with Crippen LogP contribution in [0.3, 0.4) is 0 Å². The van der Waals surface area contributed by atoms with Crippen LogP contribution < -0.4 is 41.8 Å². The lowest BCUT2D eigenvalue weighted by atomic mass is 9.86. The lowest BCUT2D eigenvalue weighted by molar-refractivity contribution is -0.142. The van der Waals surface area contributed by atoms with E-state index in [9.17, 15) is 46.8 Å². The Morgan fingerprint density at radius 2 is 1.21 bits per heavy atom. The molecule has 2 aromatic carbocycles. The van der Waals surface area contributed by atoms with E-state index in [4.69, 9.17) is 28.8 Å². The van der Waals surface area contributed by atoms with E-state index >= 15 is 0 Å². The average Bonchev–Trinajstić information content (AvgIpc) is 4.36. The van der Waals surface area contributed by atoms with Crippen molar-refractivity contribution in [2.24, 2.45) is 22.9 Å². The van der Waals surface area contributed by atoms with E-state index in [2.05, 4.69) is 31.9 Å². The Hall–Kier alpha value is -6.15. The second-order valence-electron chi connectivity index (χ2n) is 22.9. The molecule has 24 heteroatoms. The number of primary sulfonamides is 1. The molecule has 8 rings (SSSR count). The van der Waals surface area contributed by atoms with Gasteiger partial charge in [-0.1, -0.05) is 35.4 Å². The van der Waals surface area contributed by atoms with Crippen molar-refractivity contribution in [3.8, 4) is 5.75 Å². The molecule has 6 aliphatic rings. The molecular weight excluding hydrogens is 1070 g/mol. The molecule has 0 radical (unpaired) electrons. The molecule has 8 N–H and O–H groups in total. The summed E-state index contributed by atoms with van der Waals surface area (Å²) in [5, 5.41) is 22.3. The summed E-state index contributed by atoms with van der Waals surface area (Å²) in [5.74, 6) is -3.50. The van der Waals surface area contributed by atoms with Gasteiger partial charge in [0.15, 0.2) is 11.6 Å². The largest absolute Gasteiger partial charge is 0.497 e. The van der Waals surface area contributed by atoms with Gasteiger partial charge < -0.3 is 55.6 Å². The molecule has 0 aromatic heterocycles. The maximum Gasteiger partial charge on any atom is 0.243 e. The van der Waals surface area contributed by atoms with Crippen LogP contribution in [0, 0.1) is 17.8 Å². The van der Waals surface area contributed by atoms with Crippen LogP contribution >= 0.6 is 0 Å². The predicted octanol–water partition coefficient (Wildman–Crippen LogP) is 0.448. The van der Waals surface area contributed by atoms with Crippen molar-refractivity contribution in [2.45, 2.75) is 144 Å². The molecule has 1 saturated carbocycles. The number of allylic oxidation sites excluding steroid dienone is 1. The van der Waals surface area contributed by atoms with Crippen LogP contribution in [0.15, 0.2) is 64.6 Å². The number of nitrogens with one attached hydrogen (secondary N) is 6. The second-order valence-corrected chi connectivity index (χ2v) is 24.5. The summed E-state index contributed by atoms with van der Waals surface area (Å²) >= 11 is 0. The van der Waals surface area contributed by atoms with Crippen molar-refractivity contribution in [1.82, 2.24) is 36.8 Å². The van der Waals surface area contributed by atoms with Crippen LogP contribution in [-0.2, 0) is 80.2 Å². The number of amides is 6. The lowest BCUT2D eigenvalue weighted by Crippen LogP contribution is -2.57. The number of ketones is 2. The third-order valence-corrected chi connectivity index (χ3v) is 17.4. The molecule has 5 fully saturated rings. The third kappa shape index (κ3) is 16.3. The number of nitrogens with two attached hydrogens (primary N) is 1. The fourth-order valence-electron chi connectivity index (χ4n) is 11.1. The first-order valence-electron chi connectivity index (χ1n) is 28.0. The number of hydrogen-bond acceptors (Lipinski definition) is 16. The molecule has 10 unspecified atom stereocenters. The van der Waals surface area contributed by atoms with Gasteiger partial charge in [0.2, 0.25) is 45.5 Å². The van der Waals surface area contributed by atoms with Gasteiger partial charge in [-0.15, -0.1) is 0 Å². The van der Waals surface area contributed by atoms with Crippen LogP contribution in [0.4, 0.5) is 0 Å². The zero-order chi connectivity index (χ0) is 58.2. The minimum Gasteiger partial charge on any atom is -0.497 e.